The first-order valence-corrected chi connectivity index (χ1v) is 14.1. The van der Waals surface area contributed by atoms with E-state index < -0.39 is 8.07 Å². The zero-order chi connectivity index (χ0) is 21.3. The van der Waals surface area contributed by atoms with Crippen LogP contribution in [0.4, 0.5) is 11.4 Å². The van der Waals surface area contributed by atoms with Crippen LogP contribution in [0.2, 0.25) is 13.1 Å². The Labute approximate surface area is 181 Å². The number of hydrogen-bond donors (Lipinski definition) is 0. The molecule has 5 rings (SSSR count). The summed E-state index contributed by atoms with van der Waals surface area (Å²) >= 11 is 0. The molecular formula is C28H31NSi. The first kappa shape index (κ1) is 19.4. The van der Waals surface area contributed by atoms with E-state index in [4.69, 9.17) is 0 Å². The van der Waals surface area contributed by atoms with Crippen molar-refractivity contribution in [3.63, 3.8) is 0 Å². The number of anilines is 2. The normalized spacial score (nSPS) is 15.3. The summed E-state index contributed by atoms with van der Waals surface area (Å²) in [5, 5.41) is 8.60. The number of hydrogen-bond acceptors (Lipinski definition) is 1. The molecule has 2 heteroatoms. The molecule has 152 valence electrons. The number of benzene rings is 4. The predicted octanol–water partition coefficient (Wildman–Crippen LogP) is 6.58. The van der Waals surface area contributed by atoms with Crippen LogP contribution >= 0.6 is 0 Å². The topological polar surface area (TPSA) is 3.24 Å². The Morgan fingerprint density at radius 3 is 2.07 bits per heavy atom. The lowest BCUT2D eigenvalue weighted by molar-refractivity contribution is 0.511. The van der Waals surface area contributed by atoms with Gasteiger partial charge in [0.1, 0.15) is 8.07 Å². The van der Waals surface area contributed by atoms with Crippen LogP contribution in [0.5, 0.6) is 0 Å². The van der Waals surface area contributed by atoms with Crippen LogP contribution in [0.15, 0.2) is 66.7 Å². The first-order valence-electron chi connectivity index (χ1n) is 11.1. The molecule has 0 fully saturated rings. The van der Waals surface area contributed by atoms with E-state index in [0.717, 1.165) is 6.42 Å². The van der Waals surface area contributed by atoms with Gasteiger partial charge in [0.2, 0.25) is 0 Å². The summed E-state index contributed by atoms with van der Waals surface area (Å²) in [6.07, 6.45) is 1.13. The minimum Gasteiger partial charge on any atom is -0.344 e. The maximum Gasteiger partial charge on any atom is 0.117 e. The van der Waals surface area contributed by atoms with E-state index in [9.17, 15) is 0 Å². The summed E-state index contributed by atoms with van der Waals surface area (Å²) in [4.78, 5) is 2.46. The standard InChI is InChI=1S/C28H31NSi/c1-7-28(2,3)23-18-26-27(22-15-11-10-14-21(22)23)29(4)24-16-19-12-8-9-13-20(19)17-25(24)30(26,5)6/h8-18H,7H2,1-6H3. The summed E-state index contributed by atoms with van der Waals surface area (Å²) in [6.45, 7) is 12.2. The van der Waals surface area contributed by atoms with Gasteiger partial charge in [-0.3, -0.25) is 0 Å². The summed E-state index contributed by atoms with van der Waals surface area (Å²) < 4.78 is 0. The van der Waals surface area contributed by atoms with Crippen molar-refractivity contribution in [2.75, 3.05) is 11.9 Å². The van der Waals surface area contributed by atoms with Crippen molar-refractivity contribution in [2.45, 2.75) is 45.7 Å². The Bertz CT molecular complexity index is 1300. The van der Waals surface area contributed by atoms with Gasteiger partial charge in [-0.25, -0.2) is 0 Å². The van der Waals surface area contributed by atoms with Gasteiger partial charge < -0.3 is 4.90 Å². The molecule has 0 radical (unpaired) electrons. The molecule has 30 heavy (non-hydrogen) atoms. The Morgan fingerprint density at radius 2 is 1.40 bits per heavy atom. The van der Waals surface area contributed by atoms with Crippen molar-refractivity contribution in [3.8, 4) is 0 Å². The third-order valence-corrected chi connectivity index (χ3v) is 11.0. The molecule has 0 aliphatic carbocycles. The molecule has 0 aromatic heterocycles. The van der Waals surface area contributed by atoms with Gasteiger partial charge >= 0.3 is 0 Å². The molecule has 0 bridgehead atoms. The van der Waals surface area contributed by atoms with Crippen LogP contribution in [0.25, 0.3) is 21.5 Å². The molecule has 0 amide bonds. The molecule has 0 saturated carbocycles. The summed E-state index contributed by atoms with van der Waals surface area (Å²) in [6, 6.07) is 25.3. The molecule has 0 spiro atoms. The molecule has 4 aromatic rings. The van der Waals surface area contributed by atoms with E-state index in [1.807, 2.05) is 0 Å². The van der Waals surface area contributed by atoms with E-state index in [-0.39, 0.29) is 5.41 Å². The van der Waals surface area contributed by atoms with Gasteiger partial charge in [0.25, 0.3) is 0 Å². The third-order valence-electron chi connectivity index (χ3n) is 7.54. The van der Waals surface area contributed by atoms with Crippen molar-refractivity contribution in [1.82, 2.24) is 0 Å². The highest BCUT2D eigenvalue weighted by atomic mass is 28.3. The Morgan fingerprint density at radius 1 is 0.800 bits per heavy atom. The molecule has 0 unspecified atom stereocenters. The third kappa shape index (κ3) is 2.59. The molecule has 0 N–H and O–H groups in total. The van der Waals surface area contributed by atoms with Gasteiger partial charge in [-0.15, -0.1) is 0 Å². The molecule has 1 nitrogen and oxygen atoms in total. The maximum absolute atomic E-state index is 2.57. The molecule has 4 aromatic carbocycles. The fourth-order valence-electron chi connectivity index (χ4n) is 5.22. The van der Waals surface area contributed by atoms with Crippen LogP contribution in [-0.2, 0) is 5.41 Å². The molecule has 1 aliphatic heterocycles. The van der Waals surface area contributed by atoms with Crippen LogP contribution in [-0.4, -0.2) is 15.1 Å². The van der Waals surface area contributed by atoms with Crippen LogP contribution in [0.3, 0.4) is 0 Å². The van der Waals surface area contributed by atoms with Crippen molar-refractivity contribution < 1.29 is 0 Å². The summed E-state index contributed by atoms with van der Waals surface area (Å²) in [5.41, 5.74) is 4.45. The van der Waals surface area contributed by atoms with E-state index in [2.05, 4.69) is 113 Å². The number of nitrogens with zero attached hydrogens (tertiary/aromatic N) is 1. The van der Waals surface area contributed by atoms with Gasteiger partial charge in [0, 0.05) is 23.8 Å². The lowest BCUT2D eigenvalue weighted by atomic mass is 9.79. The van der Waals surface area contributed by atoms with E-state index in [0.29, 0.717) is 0 Å². The quantitative estimate of drug-likeness (QED) is 0.338. The van der Waals surface area contributed by atoms with E-state index in [1.165, 1.54) is 38.5 Å². The minimum atomic E-state index is -1.87. The van der Waals surface area contributed by atoms with Gasteiger partial charge in [-0.1, -0.05) is 94.5 Å². The number of rotatable bonds is 2. The molecule has 0 saturated heterocycles. The minimum absolute atomic E-state index is 0.154. The Hall–Kier alpha value is -2.58. The highest BCUT2D eigenvalue weighted by Crippen LogP contribution is 2.41. The molecule has 1 aliphatic rings. The highest BCUT2D eigenvalue weighted by Gasteiger charge is 2.39. The zero-order valence-corrected chi connectivity index (χ0v) is 20.0. The second-order valence-electron chi connectivity index (χ2n) is 10.0. The lowest BCUT2D eigenvalue weighted by Crippen LogP contribution is -2.59. The second kappa shape index (κ2) is 6.46. The van der Waals surface area contributed by atoms with Gasteiger partial charge in [0.05, 0.1) is 0 Å². The van der Waals surface area contributed by atoms with Gasteiger partial charge in [-0.05, 0) is 50.0 Å². The highest BCUT2D eigenvalue weighted by molar-refractivity contribution is 7.03. The summed E-state index contributed by atoms with van der Waals surface area (Å²) in [7, 11) is 0.384. The van der Waals surface area contributed by atoms with Gasteiger partial charge in [-0.2, -0.15) is 0 Å². The average Bonchev–Trinajstić information content (AvgIpc) is 2.75. The van der Waals surface area contributed by atoms with E-state index in [1.54, 1.807) is 10.4 Å². The van der Waals surface area contributed by atoms with Crippen molar-refractivity contribution in [3.05, 3.63) is 72.3 Å². The molecular weight excluding hydrogens is 378 g/mol. The predicted molar refractivity (Wildman–Crippen MR) is 136 cm³/mol. The van der Waals surface area contributed by atoms with Crippen LogP contribution in [0.1, 0.15) is 32.8 Å². The van der Waals surface area contributed by atoms with Crippen LogP contribution in [0, 0.1) is 0 Å². The van der Waals surface area contributed by atoms with E-state index >= 15 is 0 Å². The fraction of sp³-hybridized carbons (Fsp3) is 0.286. The van der Waals surface area contributed by atoms with Crippen molar-refractivity contribution >= 4 is 51.4 Å². The first-order chi connectivity index (χ1) is 14.3. The Kier molecular flexibility index (Phi) is 4.17. The Balaban J connectivity index is 1.90. The lowest BCUT2D eigenvalue weighted by Gasteiger charge is -2.41. The molecule has 0 atom stereocenters. The monoisotopic (exact) mass is 409 g/mol. The maximum atomic E-state index is 2.57. The van der Waals surface area contributed by atoms with Crippen molar-refractivity contribution in [2.24, 2.45) is 0 Å². The molecule has 1 heterocycles. The SMILES string of the molecule is CCC(C)(C)c1cc2c(c3ccccc13)N(C)c1cc3ccccc3cc1[Si]2(C)C. The zero-order valence-electron chi connectivity index (χ0n) is 19.0. The number of fused-ring (bicyclic) bond motifs is 5. The average molecular weight is 410 g/mol. The smallest absolute Gasteiger partial charge is 0.117 e. The van der Waals surface area contributed by atoms with Gasteiger partial charge in [0.15, 0.2) is 0 Å². The van der Waals surface area contributed by atoms with Crippen LogP contribution < -0.4 is 15.3 Å². The largest absolute Gasteiger partial charge is 0.344 e. The van der Waals surface area contributed by atoms with Crippen molar-refractivity contribution in [1.29, 1.82) is 0 Å². The second-order valence-corrected chi connectivity index (χ2v) is 14.3. The summed E-state index contributed by atoms with van der Waals surface area (Å²) in [5.74, 6) is 0. The fourth-order valence-corrected chi connectivity index (χ4v) is 8.31.